The van der Waals surface area contributed by atoms with E-state index in [1.165, 1.54) is 11.0 Å². The van der Waals surface area contributed by atoms with Gasteiger partial charge in [-0.3, -0.25) is 4.79 Å². The zero-order valence-corrected chi connectivity index (χ0v) is 14.2. The van der Waals surface area contributed by atoms with Gasteiger partial charge < -0.3 is 9.64 Å². The first-order valence-corrected chi connectivity index (χ1v) is 8.84. The summed E-state index contributed by atoms with van der Waals surface area (Å²) in [6.07, 6.45) is 5.23. The second kappa shape index (κ2) is 6.98. The van der Waals surface area contributed by atoms with Crippen molar-refractivity contribution in [2.45, 2.75) is 18.9 Å². The molecule has 1 fully saturated rings. The number of benzene rings is 1. The van der Waals surface area contributed by atoms with Crippen molar-refractivity contribution in [2.24, 2.45) is 0 Å². The lowest BCUT2D eigenvalue weighted by atomic mass is 10.2. The van der Waals surface area contributed by atoms with Crippen molar-refractivity contribution in [3.63, 3.8) is 0 Å². The second-order valence-electron chi connectivity index (χ2n) is 5.66. The molecular formula is C16H16N6O2S. The average Bonchev–Trinajstić information content (AvgIpc) is 3.41. The second-order valence-corrected chi connectivity index (χ2v) is 6.58. The number of likely N-dealkylation sites (tertiary alicyclic amines) is 1. The molecule has 9 heteroatoms. The third-order valence-corrected chi connectivity index (χ3v) is 4.98. The lowest BCUT2D eigenvalue weighted by molar-refractivity contribution is -0.134. The molecule has 1 amide bonds. The van der Waals surface area contributed by atoms with Gasteiger partial charge in [-0.05, 0) is 35.4 Å². The van der Waals surface area contributed by atoms with E-state index in [9.17, 15) is 4.79 Å². The Bertz CT molecular complexity index is 836. The number of amides is 1. The van der Waals surface area contributed by atoms with E-state index in [4.69, 9.17) is 4.74 Å². The lowest BCUT2D eigenvalue weighted by Gasteiger charge is -2.23. The highest BCUT2D eigenvalue weighted by atomic mass is 32.1. The van der Waals surface area contributed by atoms with Crippen molar-refractivity contribution in [2.75, 3.05) is 13.2 Å². The summed E-state index contributed by atoms with van der Waals surface area (Å²) >= 11 is 1.59. The Morgan fingerprint density at radius 1 is 1.40 bits per heavy atom. The van der Waals surface area contributed by atoms with Crippen LogP contribution in [0.5, 0.6) is 5.75 Å². The van der Waals surface area contributed by atoms with E-state index >= 15 is 0 Å². The molecule has 0 aliphatic carbocycles. The molecule has 8 nitrogen and oxygen atoms in total. The Morgan fingerprint density at radius 3 is 3.16 bits per heavy atom. The predicted molar refractivity (Wildman–Crippen MR) is 90.5 cm³/mol. The fraction of sp³-hybridized carbons (Fsp3) is 0.312. The van der Waals surface area contributed by atoms with Crippen molar-refractivity contribution in [1.82, 2.24) is 30.1 Å². The number of thiazole rings is 1. The summed E-state index contributed by atoms with van der Waals surface area (Å²) in [6.45, 7) is 0.748. The highest BCUT2D eigenvalue weighted by molar-refractivity contribution is 7.09. The Morgan fingerprint density at radius 2 is 2.36 bits per heavy atom. The number of hydrogen-bond acceptors (Lipinski definition) is 7. The minimum Gasteiger partial charge on any atom is -0.484 e. The highest BCUT2D eigenvalue weighted by Crippen LogP contribution is 2.33. The minimum absolute atomic E-state index is 0.000928. The van der Waals surface area contributed by atoms with Gasteiger partial charge in [0.1, 0.15) is 17.1 Å². The van der Waals surface area contributed by atoms with Crippen LogP contribution in [-0.2, 0) is 4.79 Å². The summed E-state index contributed by atoms with van der Waals surface area (Å²) in [5.74, 6) is 0.580. The smallest absolute Gasteiger partial charge is 0.261 e. The van der Waals surface area contributed by atoms with Crippen LogP contribution in [0.15, 0.2) is 42.2 Å². The van der Waals surface area contributed by atoms with Crippen LogP contribution in [0.4, 0.5) is 0 Å². The minimum atomic E-state index is -0.0227. The van der Waals surface area contributed by atoms with Gasteiger partial charge in [-0.2, -0.15) is 0 Å². The molecule has 1 aromatic carbocycles. The van der Waals surface area contributed by atoms with Crippen molar-refractivity contribution in [3.8, 4) is 11.4 Å². The quantitative estimate of drug-likeness (QED) is 0.694. The molecule has 1 aliphatic heterocycles. The Labute approximate surface area is 148 Å². The number of carbonyl (C=O) groups excluding carboxylic acids is 1. The summed E-state index contributed by atoms with van der Waals surface area (Å²) < 4.78 is 7.23. The molecule has 0 radical (unpaired) electrons. The van der Waals surface area contributed by atoms with Gasteiger partial charge in [-0.1, -0.05) is 6.07 Å². The molecule has 1 unspecified atom stereocenters. The molecule has 3 heterocycles. The first-order valence-electron chi connectivity index (χ1n) is 7.96. The maximum Gasteiger partial charge on any atom is 0.261 e. The normalized spacial score (nSPS) is 17.0. The molecule has 1 saturated heterocycles. The SMILES string of the molecule is O=C(COc1cccc(-n2cnnn2)c1)N1CCCC1c1nccs1. The van der Waals surface area contributed by atoms with E-state index in [-0.39, 0.29) is 18.6 Å². The van der Waals surface area contributed by atoms with Gasteiger partial charge in [0, 0.05) is 24.2 Å². The number of tetrazole rings is 1. The topological polar surface area (TPSA) is 86.0 Å². The zero-order chi connectivity index (χ0) is 17.1. The summed E-state index contributed by atoms with van der Waals surface area (Å²) in [5, 5.41) is 14.0. The maximum absolute atomic E-state index is 12.6. The number of ether oxygens (including phenoxy) is 1. The Kier molecular flexibility index (Phi) is 4.38. The monoisotopic (exact) mass is 356 g/mol. The van der Waals surface area contributed by atoms with Gasteiger partial charge in [0.15, 0.2) is 6.61 Å². The van der Waals surface area contributed by atoms with Gasteiger partial charge in [0.05, 0.1) is 11.7 Å². The number of hydrogen-bond donors (Lipinski definition) is 0. The van der Waals surface area contributed by atoms with Crippen LogP contribution in [0.25, 0.3) is 5.69 Å². The van der Waals surface area contributed by atoms with Crippen LogP contribution in [0.1, 0.15) is 23.9 Å². The largest absolute Gasteiger partial charge is 0.484 e. The number of nitrogens with zero attached hydrogens (tertiary/aromatic N) is 6. The van der Waals surface area contributed by atoms with Crippen molar-refractivity contribution in [3.05, 3.63) is 47.2 Å². The van der Waals surface area contributed by atoms with Crippen molar-refractivity contribution < 1.29 is 9.53 Å². The summed E-state index contributed by atoms with van der Waals surface area (Å²) in [7, 11) is 0. The fourth-order valence-corrected chi connectivity index (χ4v) is 3.73. The van der Waals surface area contributed by atoms with E-state index in [0.29, 0.717) is 5.75 Å². The molecule has 0 spiro atoms. The van der Waals surface area contributed by atoms with Crippen LogP contribution >= 0.6 is 11.3 Å². The van der Waals surface area contributed by atoms with Crippen LogP contribution in [0, 0.1) is 0 Å². The molecule has 128 valence electrons. The number of carbonyl (C=O) groups is 1. The highest BCUT2D eigenvalue weighted by Gasteiger charge is 2.31. The molecule has 25 heavy (non-hydrogen) atoms. The number of aromatic nitrogens is 5. The van der Waals surface area contributed by atoms with E-state index in [2.05, 4.69) is 20.5 Å². The van der Waals surface area contributed by atoms with Crippen LogP contribution in [-0.4, -0.2) is 49.1 Å². The standard InChI is InChI=1S/C16H16N6O2S/c23-15(21-7-2-5-14(21)16-17-6-8-25-16)10-24-13-4-1-3-12(9-13)22-11-18-19-20-22/h1,3-4,6,8-9,11,14H,2,5,7,10H2. The molecule has 3 aromatic rings. The molecule has 0 bridgehead atoms. The van der Waals surface area contributed by atoms with E-state index in [1.54, 1.807) is 23.6 Å². The van der Waals surface area contributed by atoms with Gasteiger partial charge in [0.2, 0.25) is 0 Å². The summed E-state index contributed by atoms with van der Waals surface area (Å²) in [5.41, 5.74) is 0.775. The van der Waals surface area contributed by atoms with Gasteiger partial charge in [-0.25, -0.2) is 9.67 Å². The summed E-state index contributed by atoms with van der Waals surface area (Å²) in [6, 6.07) is 7.38. The molecule has 4 rings (SSSR count). The average molecular weight is 356 g/mol. The third kappa shape index (κ3) is 3.36. The van der Waals surface area contributed by atoms with E-state index in [1.807, 2.05) is 28.5 Å². The van der Waals surface area contributed by atoms with Gasteiger partial charge in [0.25, 0.3) is 5.91 Å². The van der Waals surface area contributed by atoms with E-state index < -0.39 is 0 Å². The molecule has 1 aliphatic rings. The van der Waals surface area contributed by atoms with Crippen molar-refractivity contribution in [1.29, 1.82) is 0 Å². The van der Waals surface area contributed by atoms with Gasteiger partial charge in [-0.15, -0.1) is 16.4 Å². The molecule has 2 aromatic heterocycles. The molecule has 0 saturated carbocycles. The van der Waals surface area contributed by atoms with Crippen LogP contribution in [0.3, 0.4) is 0 Å². The molecular weight excluding hydrogens is 340 g/mol. The van der Waals surface area contributed by atoms with Crippen LogP contribution in [0.2, 0.25) is 0 Å². The Balaban J connectivity index is 1.41. The Hall–Kier alpha value is -2.81. The van der Waals surface area contributed by atoms with Gasteiger partial charge >= 0.3 is 0 Å². The predicted octanol–water partition coefficient (Wildman–Crippen LogP) is 1.86. The molecule has 0 N–H and O–H groups in total. The first kappa shape index (κ1) is 15.7. The third-order valence-electron chi connectivity index (χ3n) is 4.10. The zero-order valence-electron chi connectivity index (χ0n) is 13.4. The summed E-state index contributed by atoms with van der Waals surface area (Å²) in [4.78, 5) is 18.8. The fourth-order valence-electron chi connectivity index (χ4n) is 2.94. The number of rotatable bonds is 5. The molecule has 1 atom stereocenters. The maximum atomic E-state index is 12.6. The lowest BCUT2D eigenvalue weighted by Crippen LogP contribution is -2.34. The van der Waals surface area contributed by atoms with Crippen molar-refractivity contribution >= 4 is 17.2 Å². The van der Waals surface area contributed by atoms with Crippen LogP contribution < -0.4 is 4.74 Å². The first-order chi connectivity index (χ1) is 12.3. The van der Waals surface area contributed by atoms with E-state index in [0.717, 1.165) is 30.1 Å².